The van der Waals surface area contributed by atoms with E-state index in [4.69, 9.17) is 5.11 Å². The molecule has 1 aromatic heterocycles. The lowest BCUT2D eigenvalue weighted by atomic mass is 10.2. The Kier molecular flexibility index (Phi) is 5.89. The van der Waals surface area contributed by atoms with Gasteiger partial charge in [-0.25, -0.2) is 9.97 Å². The molecule has 0 aliphatic rings. The van der Waals surface area contributed by atoms with Crippen LogP contribution in [0.25, 0.3) is 0 Å². The van der Waals surface area contributed by atoms with Gasteiger partial charge in [-0.3, -0.25) is 9.59 Å². The highest BCUT2D eigenvalue weighted by atomic mass is 16.4. The van der Waals surface area contributed by atoms with E-state index in [1.165, 1.54) is 4.90 Å². The van der Waals surface area contributed by atoms with Crippen molar-refractivity contribution < 1.29 is 14.7 Å². The Labute approximate surface area is 118 Å². The van der Waals surface area contributed by atoms with Crippen molar-refractivity contribution in [2.45, 2.75) is 26.3 Å². The SMILES string of the molecule is CCC(C)N(CC(=O)O)C(=O)CN(C)c1ncccn1. The number of carbonyl (C=O) groups is 2. The zero-order valence-electron chi connectivity index (χ0n) is 12.0. The molecular weight excluding hydrogens is 260 g/mol. The maximum absolute atomic E-state index is 12.2. The second-order valence-electron chi connectivity index (χ2n) is 4.58. The highest BCUT2D eigenvalue weighted by Gasteiger charge is 2.23. The summed E-state index contributed by atoms with van der Waals surface area (Å²) in [6.45, 7) is 3.50. The molecule has 1 atom stereocenters. The van der Waals surface area contributed by atoms with Gasteiger partial charge < -0.3 is 14.9 Å². The van der Waals surface area contributed by atoms with Crippen molar-refractivity contribution in [2.24, 2.45) is 0 Å². The van der Waals surface area contributed by atoms with Crippen LogP contribution in [0.15, 0.2) is 18.5 Å². The number of rotatable bonds is 7. The predicted molar refractivity (Wildman–Crippen MR) is 74.4 cm³/mol. The average Bonchev–Trinajstić information content (AvgIpc) is 2.44. The van der Waals surface area contributed by atoms with E-state index in [2.05, 4.69) is 9.97 Å². The van der Waals surface area contributed by atoms with Gasteiger partial charge in [0.15, 0.2) is 0 Å². The van der Waals surface area contributed by atoms with Crippen molar-refractivity contribution in [2.75, 3.05) is 25.0 Å². The molecule has 1 amide bonds. The Bertz CT molecular complexity index is 452. The van der Waals surface area contributed by atoms with Gasteiger partial charge in [0.05, 0.1) is 6.54 Å². The monoisotopic (exact) mass is 280 g/mol. The van der Waals surface area contributed by atoms with E-state index >= 15 is 0 Å². The van der Waals surface area contributed by atoms with E-state index in [0.29, 0.717) is 12.4 Å². The number of aliphatic carboxylic acids is 1. The van der Waals surface area contributed by atoms with Gasteiger partial charge in [0.2, 0.25) is 11.9 Å². The molecule has 0 radical (unpaired) electrons. The minimum Gasteiger partial charge on any atom is -0.480 e. The number of aromatic nitrogens is 2. The molecule has 0 fully saturated rings. The second kappa shape index (κ2) is 7.42. The molecule has 0 saturated heterocycles. The molecule has 7 nitrogen and oxygen atoms in total. The fourth-order valence-electron chi connectivity index (χ4n) is 1.71. The number of amides is 1. The normalized spacial score (nSPS) is 11.8. The molecule has 7 heteroatoms. The topological polar surface area (TPSA) is 86.6 Å². The van der Waals surface area contributed by atoms with Crippen LogP contribution < -0.4 is 4.90 Å². The van der Waals surface area contributed by atoms with E-state index in [9.17, 15) is 9.59 Å². The van der Waals surface area contributed by atoms with Gasteiger partial charge in [0.25, 0.3) is 0 Å². The van der Waals surface area contributed by atoms with Crippen LogP contribution in [-0.2, 0) is 9.59 Å². The van der Waals surface area contributed by atoms with Crippen molar-refractivity contribution in [3.8, 4) is 0 Å². The maximum Gasteiger partial charge on any atom is 0.323 e. The highest BCUT2D eigenvalue weighted by molar-refractivity contribution is 5.84. The number of hydrogen-bond donors (Lipinski definition) is 1. The first kappa shape index (κ1) is 15.9. The van der Waals surface area contributed by atoms with Crippen LogP contribution in [0.3, 0.4) is 0 Å². The summed E-state index contributed by atoms with van der Waals surface area (Å²) >= 11 is 0. The summed E-state index contributed by atoms with van der Waals surface area (Å²) in [7, 11) is 1.70. The summed E-state index contributed by atoms with van der Waals surface area (Å²) in [4.78, 5) is 34.1. The van der Waals surface area contributed by atoms with E-state index in [-0.39, 0.29) is 25.0 Å². The molecule has 1 unspecified atom stereocenters. The van der Waals surface area contributed by atoms with Gasteiger partial charge in [-0.2, -0.15) is 0 Å². The summed E-state index contributed by atoms with van der Waals surface area (Å²) in [5.41, 5.74) is 0. The molecule has 1 N–H and O–H groups in total. The third-order valence-electron chi connectivity index (χ3n) is 3.01. The number of likely N-dealkylation sites (N-methyl/N-ethyl adjacent to an activating group) is 1. The summed E-state index contributed by atoms with van der Waals surface area (Å²) in [6, 6.07) is 1.57. The van der Waals surface area contributed by atoms with Crippen molar-refractivity contribution >= 4 is 17.8 Å². The summed E-state index contributed by atoms with van der Waals surface area (Å²) in [6.07, 6.45) is 3.88. The van der Waals surface area contributed by atoms with E-state index in [0.717, 1.165) is 0 Å². The van der Waals surface area contributed by atoms with E-state index in [1.807, 2.05) is 13.8 Å². The zero-order valence-corrected chi connectivity index (χ0v) is 12.0. The molecule has 0 aliphatic heterocycles. The molecule has 20 heavy (non-hydrogen) atoms. The van der Waals surface area contributed by atoms with Crippen molar-refractivity contribution in [3.63, 3.8) is 0 Å². The molecule has 0 spiro atoms. The number of carbonyl (C=O) groups excluding carboxylic acids is 1. The predicted octanol–water partition coefficient (Wildman–Crippen LogP) is 0.624. The number of nitrogens with zero attached hydrogens (tertiary/aromatic N) is 4. The van der Waals surface area contributed by atoms with Gasteiger partial charge in [0.1, 0.15) is 6.54 Å². The smallest absolute Gasteiger partial charge is 0.323 e. The van der Waals surface area contributed by atoms with Crippen LogP contribution in [0.5, 0.6) is 0 Å². The van der Waals surface area contributed by atoms with Crippen LogP contribution in [0, 0.1) is 0 Å². The molecule has 1 rings (SSSR count). The maximum atomic E-state index is 12.2. The van der Waals surface area contributed by atoms with Gasteiger partial charge in [-0.15, -0.1) is 0 Å². The molecule has 0 aromatic carbocycles. The van der Waals surface area contributed by atoms with Crippen LogP contribution >= 0.6 is 0 Å². The Morgan fingerprint density at radius 2 is 1.90 bits per heavy atom. The van der Waals surface area contributed by atoms with Gasteiger partial charge in [-0.1, -0.05) is 6.92 Å². The first-order chi connectivity index (χ1) is 9.45. The quantitative estimate of drug-likeness (QED) is 0.788. The van der Waals surface area contributed by atoms with E-state index < -0.39 is 5.97 Å². The lowest BCUT2D eigenvalue weighted by molar-refractivity contribution is -0.145. The van der Waals surface area contributed by atoms with E-state index in [1.54, 1.807) is 30.4 Å². The van der Waals surface area contributed by atoms with Crippen LogP contribution in [0.2, 0.25) is 0 Å². The standard InChI is InChI=1S/C13H20N4O3/c1-4-10(2)17(9-12(19)20)11(18)8-16(3)13-14-6-5-7-15-13/h5-7,10H,4,8-9H2,1-3H3,(H,19,20). The molecule has 0 aliphatic carbocycles. The Hall–Kier alpha value is -2.18. The third kappa shape index (κ3) is 4.49. The summed E-state index contributed by atoms with van der Waals surface area (Å²) in [5, 5.41) is 8.90. The minimum atomic E-state index is -1.02. The van der Waals surface area contributed by atoms with Crippen molar-refractivity contribution in [1.82, 2.24) is 14.9 Å². The van der Waals surface area contributed by atoms with Crippen LogP contribution in [0.1, 0.15) is 20.3 Å². The summed E-state index contributed by atoms with van der Waals surface area (Å²) < 4.78 is 0. The molecule has 1 aromatic rings. The molecular formula is C13H20N4O3. The number of hydrogen-bond acceptors (Lipinski definition) is 5. The van der Waals surface area contributed by atoms with Gasteiger partial charge in [0, 0.05) is 25.5 Å². The Balaban J connectivity index is 2.73. The molecule has 110 valence electrons. The number of carboxylic acids is 1. The number of carboxylic acid groups (broad SMARTS) is 1. The minimum absolute atomic E-state index is 0.0433. The lowest BCUT2D eigenvalue weighted by Crippen LogP contribution is -2.46. The van der Waals surface area contributed by atoms with Crippen LogP contribution in [0.4, 0.5) is 5.95 Å². The Morgan fingerprint density at radius 1 is 1.30 bits per heavy atom. The molecule has 1 heterocycles. The first-order valence-electron chi connectivity index (χ1n) is 6.45. The lowest BCUT2D eigenvalue weighted by Gasteiger charge is -2.28. The van der Waals surface area contributed by atoms with Crippen LogP contribution in [-0.4, -0.2) is 58.0 Å². The van der Waals surface area contributed by atoms with Gasteiger partial charge >= 0.3 is 5.97 Å². The Morgan fingerprint density at radius 3 is 2.40 bits per heavy atom. The number of anilines is 1. The first-order valence-corrected chi connectivity index (χ1v) is 6.45. The third-order valence-corrected chi connectivity index (χ3v) is 3.01. The summed E-state index contributed by atoms with van der Waals surface area (Å²) in [5.74, 6) is -0.839. The fraction of sp³-hybridized carbons (Fsp3) is 0.538. The fourth-order valence-corrected chi connectivity index (χ4v) is 1.71. The molecule has 0 saturated carbocycles. The highest BCUT2D eigenvalue weighted by Crippen LogP contribution is 2.07. The average molecular weight is 280 g/mol. The van der Waals surface area contributed by atoms with Crippen molar-refractivity contribution in [3.05, 3.63) is 18.5 Å². The van der Waals surface area contributed by atoms with Gasteiger partial charge in [-0.05, 0) is 19.4 Å². The van der Waals surface area contributed by atoms with Crippen molar-refractivity contribution in [1.29, 1.82) is 0 Å². The second-order valence-corrected chi connectivity index (χ2v) is 4.58. The zero-order chi connectivity index (χ0) is 15.1. The molecule has 0 bridgehead atoms. The largest absolute Gasteiger partial charge is 0.480 e.